The maximum absolute atomic E-state index is 12.4. The van der Waals surface area contributed by atoms with E-state index in [0.29, 0.717) is 12.4 Å². The molecule has 3 aromatic rings. The molecule has 1 aliphatic heterocycles. The topological polar surface area (TPSA) is 110 Å². The van der Waals surface area contributed by atoms with Crippen LogP contribution in [0.3, 0.4) is 0 Å². The first-order valence-electron chi connectivity index (χ1n) is 8.31. The van der Waals surface area contributed by atoms with Crippen molar-refractivity contribution in [1.82, 2.24) is 29.9 Å². The summed E-state index contributed by atoms with van der Waals surface area (Å²) >= 11 is 0. The lowest BCUT2D eigenvalue weighted by Gasteiger charge is -2.42. The van der Waals surface area contributed by atoms with Crippen molar-refractivity contribution >= 4 is 5.91 Å². The predicted octanol–water partition coefficient (Wildman–Crippen LogP) is 1.01. The Balaban J connectivity index is 1.49. The van der Waals surface area contributed by atoms with Gasteiger partial charge in [-0.05, 0) is 26.0 Å². The highest BCUT2D eigenvalue weighted by atomic mass is 16.3. The molecule has 9 heteroatoms. The van der Waals surface area contributed by atoms with Crippen LogP contribution in [0, 0.1) is 0 Å². The maximum atomic E-state index is 12.4. The number of hydrogen-bond donors (Lipinski definition) is 1. The van der Waals surface area contributed by atoms with Crippen LogP contribution in [0.4, 0.5) is 0 Å². The van der Waals surface area contributed by atoms with Gasteiger partial charge in [-0.25, -0.2) is 4.98 Å². The normalized spacial score (nSPS) is 20.7. The summed E-state index contributed by atoms with van der Waals surface area (Å²) in [4.78, 5) is 24.2. The molecule has 0 spiro atoms. The van der Waals surface area contributed by atoms with Crippen LogP contribution in [0.5, 0.6) is 0 Å². The minimum atomic E-state index is -0.476. The fourth-order valence-electron chi connectivity index (χ4n) is 2.84. The van der Waals surface area contributed by atoms with E-state index in [0.717, 1.165) is 11.4 Å². The van der Waals surface area contributed by atoms with Gasteiger partial charge in [0, 0.05) is 6.54 Å². The molecule has 1 unspecified atom stereocenters. The molecule has 0 saturated carbocycles. The second-order valence-electron chi connectivity index (χ2n) is 6.32. The number of aliphatic hydroxyl groups excluding tert-OH is 1. The van der Waals surface area contributed by atoms with Gasteiger partial charge >= 0.3 is 0 Å². The molecule has 0 radical (unpaired) electrons. The Hall–Kier alpha value is -3.07. The highest BCUT2D eigenvalue weighted by Crippen LogP contribution is 2.25. The lowest BCUT2D eigenvalue weighted by Crippen LogP contribution is -2.60. The molecule has 134 valence electrons. The van der Waals surface area contributed by atoms with Gasteiger partial charge in [-0.2, -0.15) is 15.0 Å². The van der Waals surface area contributed by atoms with E-state index in [4.69, 9.17) is 4.42 Å². The number of β-amino-alcohol motifs (C(OH)–C–C–N with tert-alkyl or cyclic N) is 1. The molecule has 1 aliphatic rings. The molecular weight excluding hydrogens is 336 g/mol. The number of carbonyl (C=O) groups excluding carboxylic acids is 1. The van der Waals surface area contributed by atoms with E-state index in [9.17, 15) is 9.90 Å². The molecule has 1 fully saturated rings. The maximum Gasteiger partial charge on any atom is 0.276 e. The Morgan fingerprint density at radius 2 is 2.12 bits per heavy atom. The third-order valence-corrected chi connectivity index (χ3v) is 4.67. The summed E-state index contributed by atoms with van der Waals surface area (Å²) in [5, 5.41) is 17.7. The Morgan fingerprint density at radius 1 is 1.35 bits per heavy atom. The van der Waals surface area contributed by atoms with Gasteiger partial charge in [0.15, 0.2) is 5.69 Å². The first-order valence-corrected chi connectivity index (χ1v) is 8.31. The fraction of sp³-hybridized carbons (Fsp3) is 0.353. The van der Waals surface area contributed by atoms with Crippen molar-refractivity contribution in [3.63, 3.8) is 0 Å². The number of aromatic nitrogens is 5. The van der Waals surface area contributed by atoms with Gasteiger partial charge in [-0.15, -0.1) is 0 Å². The molecule has 0 aromatic carbocycles. The molecule has 1 N–H and O–H groups in total. The van der Waals surface area contributed by atoms with Crippen molar-refractivity contribution in [2.75, 3.05) is 6.54 Å². The smallest absolute Gasteiger partial charge is 0.276 e. The van der Waals surface area contributed by atoms with Crippen LogP contribution in [-0.2, 0) is 0 Å². The largest absolute Gasteiger partial charge is 0.447 e. The van der Waals surface area contributed by atoms with Crippen LogP contribution in [0.15, 0.2) is 41.4 Å². The molecule has 1 saturated heterocycles. The molecule has 4 rings (SSSR count). The summed E-state index contributed by atoms with van der Waals surface area (Å²) in [5.41, 5.74) is 1.75. The van der Waals surface area contributed by atoms with Gasteiger partial charge in [0.25, 0.3) is 5.91 Å². The van der Waals surface area contributed by atoms with Gasteiger partial charge < -0.3 is 14.4 Å². The average molecular weight is 354 g/mol. The number of likely N-dealkylation sites (tertiary alicyclic amines) is 1. The van der Waals surface area contributed by atoms with Crippen molar-refractivity contribution in [3.05, 3.63) is 54.3 Å². The Morgan fingerprint density at radius 3 is 2.73 bits per heavy atom. The van der Waals surface area contributed by atoms with E-state index in [1.165, 1.54) is 11.1 Å². The lowest BCUT2D eigenvalue weighted by atomic mass is 10.0. The lowest BCUT2D eigenvalue weighted by molar-refractivity contribution is -0.0360. The molecule has 3 atom stereocenters. The number of rotatable bonds is 4. The van der Waals surface area contributed by atoms with Crippen LogP contribution in [0.2, 0.25) is 0 Å². The highest BCUT2D eigenvalue weighted by molar-refractivity contribution is 5.92. The molecule has 1 amide bonds. The van der Waals surface area contributed by atoms with E-state index in [-0.39, 0.29) is 23.6 Å². The first kappa shape index (κ1) is 16.4. The van der Waals surface area contributed by atoms with E-state index in [1.807, 2.05) is 19.1 Å². The number of aliphatic hydroxyl groups is 1. The number of hydrogen-bond acceptors (Lipinski definition) is 7. The van der Waals surface area contributed by atoms with Crippen molar-refractivity contribution < 1.29 is 14.3 Å². The van der Waals surface area contributed by atoms with Crippen molar-refractivity contribution in [3.8, 4) is 5.69 Å². The molecule has 0 bridgehead atoms. The van der Waals surface area contributed by atoms with Gasteiger partial charge in [-0.3, -0.25) is 9.78 Å². The Labute approximate surface area is 149 Å². The minimum Gasteiger partial charge on any atom is -0.447 e. The van der Waals surface area contributed by atoms with E-state index < -0.39 is 6.10 Å². The standard InChI is InChI=1S/C17H18N6O3/c1-10(13-4-3-12(7-18-13)23-19-5-6-20-23)16-21-14(9-26-16)17(25)22-8-15(24)11(22)2/h3-7,9-11,15,24H,8H2,1-2H3/t10?,11-,15-/m0/s1. The van der Waals surface area contributed by atoms with Crippen LogP contribution in [0.1, 0.15) is 41.8 Å². The van der Waals surface area contributed by atoms with Crippen LogP contribution in [0.25, 0.3) is 5.69 Å². The molecule has 3 aromatic heterocycles. The average Bonchev–Trinajstić information content (AvgIpc) is 3.36. The second-order valence-corrected chi connectivity index (χ2v) is 6.32. The zero-order valence-electron chi connectivity index (χ0n) is 14.4. The predicted molar refractivity (Wildman–Crippen MR) is 89.7 cm³/mol. The van der Waals surface area contributed by atoms with Crippen molar-refractivity contribution in [2.45, 2.75) is 31.9 Å². The molecule has 0 aliphatic carbocycles. The zero-order chi connectivity index (χ0) is 18.3. The van der Waals surface area contributed by atoms with Gasteiger partial charge in [0.05, 0.1) is 42.3 Å². The van der Waals surface area contributed by atoms with E-state index in [2.05, 4.69) is 20.2 Å². The summed E-state index contributed by atoms with van der Waals surface area (Å²) < 4.78 is 5.49. The zero-order valence-corrected chi connectivity index (χ0v) is 14.4. The molecule has 4 heterocycles. The first-order chi connectivity index (χ1) is 12.5. The van der Waals surface area contributed by atoms with Crippen LogP contribution < -0.4 is 0 Å². The van der Waals surface area contributed by atoms with Crippen LogP contribution >= 0.6 is 0 Å². The quantitative estimate of drug-likeness (QED) is 0.744. The van der Waals surface area contributed by atoms with Crippen molar-refractivity contribution in [1.29, 1.82) is 0 Å². The summed E-state index contributed by atoms with van der Waals surface area (Å²) in [6.07, 6.45) is 5.74. The summed E-state index contributed by atoms with van der Waals surface area (Å²) in [6, 6.07) is 3.50. The third kappa shape index (κ3) is 2.76. The Bertz CT molecular complexity index is 905. The number of pyridine rings is 1. The van der Waals surface area contributed by atoms with Crippen molar-refractivity contribution in [2.24, 2.45) is 0 Å². The number of nitrogens with zero attached hydrogens (tertiary/aromatic N) is 6. The van der Waals surface area contributed by atoms with Crippen LogP contribution in [-0.4, -0.2) is 59.6 Å². The van der Waals surface area contributed by atoms with E-state index in [1.54, 1.807) is 30.4 Å². The highest BCUT2D eigenvalue weighted by Gasteiger charge is 2.38. The molecule has 9 nitrogen and oxygen atoms in total. The number of amides is 1. The minimum absolute atomic E-state index is 0.204. The summed E-state index contributed by atoms with van der Waals surface area (Å²) in [5.74, 6) is -0.0341. The van der Waals surface area contributed by atoms with Gasteiger partial charge in [0.2, 0.25) is 5.89 Å². The third-order valence-electron chi connectivity index (χ3n) is 4.67. The summed E-state index contributed by atoms with van der Waals surface area (Å²) in [6.45, 7) is 4.03. The van der Waals surface area contributed by atoms with E-state index >= 15 is 0 Å². The monoisotopic (exact) mass is 354 g/mol. The number of carbonyl (C=O) groups is 1. The molecule has 26 heavy (non-hydrogen) atoms. The van der Waals surface area contributed by atoms with Gasteiger partial charge in [-0.1, -0.05) is 0 Å². The summed E-state index contributed by atoms with van der Waals surface area (Å²) in [7, 11) is 0. The fourth-order valence-corrected chi connectivity index (χ4v) is 2.84. The van der Waals surface area contributed by atoms with Gasteiger partial charge in [0.1, 0.15) is 12.0 Å². The number of oxazole rings is 1. The SMILES string of the molecule is CC(c1ccc(-n2nccn2)cn1)c1nc(C(=O)N2C[C@H](O)[C@@H]2C)co1. The Kier molecular flexibility index (Phi) is 4.00. The second kappa shape index (κ2) is 6.34. The molecular formula is C17H18N6O3.